The molecule has 0 aliphatic rings. The normalized spacial score (nSPS) is 12.1. The highest BCUT2D eigenvalue weighted by molar-refractivity contribution is 5.82. The molecule has 0 fully saturated rings. The standard InChI is InChI=1S/C20H24N2O2/c1-4-16(3)18-9-11-19(12-10-18)24-14-20(23)22-21-13-17-7-5-15(2)6-8-17/h5-13,16H,4,14H2,1-3H3,(H,22,23)/b21-13-/t16-/m1/s1. The molecule has 0 aliphatic heterocycles. The first-order chi connectivity index (χ1) is 11.6. The van der Waals surface area contributed by atoms with Crippen LogP contribution < -0.4 is 10.2 Å². The van der Waals surface area contributed by atoms with Crippen LogP contribution in [-0.4, -0.2) is 18.7 Å². The predicted octanol–water partition coefficient (Wildman–Crippen LogP) is 4.04. The Morgan fingerprint density at radius 3 is 2.46 bits per heavy atom. The lowest BCUT2D eigenvalue weighted by Crippen LogP contribution is -2.24. The SMILES string of the molecule is CC[C@@H](C)c1ccc(OCC(=O)N/N=C\c2ccc(C)cc2)cc1. The fourth-order valence-electron chi connectivity index (χ4n) is 2.14. The van der Waals surface area contributed by atoms with Crippen LogP contribution in [0.5, 0.6) is 5.75 Å². The van der Waals surface area contributed by atoms with Crippen molar-refractivity contribution in [2.75, 3.05) is 6.61 Å². The highest BCUT2D eigenvalue weighted by Gasteiger charge is 2.04. The maximum absolute atomic E-state index is 11.7. The van der Waals surface area contributed by atoms with Crippen molar-refractivity contribution in [3.63, 3.8) is 0 Å². The first-order valence-corrected chi connectivity index (χ1v) is 8.20. The number of hydrazone groups is 1. The van der Waals surface area contributed by atoms with Gasteiger partial charge in [0.1, 0.15) is 5.75 Å². The molecule has 4 nitrogen and oxygen atoms in total. The first kappa shape index (κ1) is 17.7. The van der Waals surface area contributed by atoms with Crippen LogP contribution in [-0.2, 0) is 4.79 Å². The van der Waals surface area contributed by atoms with E-state index in [4.69, 9.17) is 4.74 Å². The van der Waals surface area contributed by atoms with E-state index in [-0.39, 0.29) is 12.5 Å². The Hall–Kier alpha value is -2.62. The van der Waals surface area contributed by atoms with Gasteiger partial charge in [0, 0.05) is 0 Å². The van der Waals surface area contributed by atoms with Crippen LogP contribution in [0.25, 0.3) is 0 Å². The number of hydrogen-bond donors (Lipinski definition) is 1. The van der Waals surface area contributed by atoms with Crippen molar-refractivity contribution in [2.45, 2.75) is 33.1 Å². The van der Waals surface area contributed by atoms with Crippen LogP contribution in [0.3, 0.4) is 0 Å². The van der Waals surface area contributed by atoms with Gasteiger partial charge in [-0.1, -0.05) is 55.8 Å². The van der Waals surface area contributed by atoms with E-state index in [9.17, 15) is 4.79 Å². The summed E-state index contributed by atoms with van der Waals surface area (Å²) >= 11 is 0. The Bertz CT molecular complexity index is 676. The summed E-state index contributed by atoms with van der Waals surface area (Å²) in [6.45, 7) is 6.31. The van der Waals surface area contributed by atoms with Crippen LogP contribution in [0.15, 0.2) is 53.6 Å². The summed E-state index contributed by atoms with van der Waals surface area (Å²) < 4.78 is 5.47. The molecule has 0 spiro atoms. The third-order valence-electron chi connectivity index (χ3n) is 3.91. The molecule has 0 aromatic heterocycles. The molecule has 0 unspecified atom stereocenters. The van der Waals surface area contributed by atoms with Crippen molar-refractivity contribution in [1.29, 1.82) is 0 Å². The number of amides is 1. The van der Waals surface area contributed by atoms with Crippen molar-refractivity contribution in [2.24, 2.45) is 5.10 Å². The lowest BCUT2D eigenvalue weighted by molar-refractivity contribution is -0.123. The second-order valence-corrected chi connectivity index (χ2v) is 5.87. The molecule has 2 aromatic rings. The zero-order chi connectivity index (χ0) is 17.4. The van der Waals surface area contributed by atoms with Crippen LogP contribution in [0.1, 0.15) is 42.9 Å². The van der Waals surface area contributed by atoms with Crippen molar-refractivity contribution in [1.82, 2.24) is 5.43 Å². The van der Waals surface area contributed by atoms with Gasteiger partial charge in [-0.15, -0.1) is 0 Å². The zero-order valence-corrected chi connectivity index (χ0v) is 14.5. The first-order valence-electron chi connectivity index (χ1n) is 8.20. The highest BCUT2D eigenvalue weighted by Crippen LogP contribution is 2.21. The number of carbonyl (C=O) groups excluding carboxylic acids is 1. The predicted molar refractivity (Wildman–Crippen MR) is 97.6 cm³/mol. The number of hydrogen-bond acceptors (Lipinski definition) is 3. The Morgan fingerprint density at radius 2 is 1.83 bits per heavy atom. The van der Waals surface area contributed by atoms with Gasteiger partial charge in [0.25, 0.3) is 5.91 Å². The Balaban J connectivity index is 1.77. The van der Waals surface area contributed by atoms with Crippen LogP contribution in [0.2, 0.25) is 0 Å². The highest BCUT2D eigenvalue weighted by atomic mass is 16.5. The number of rotatable bonds is 7. The molecule has 1 amide bonds. The number of benzene rings is 2. The van der Waals surface area contributed by atoms with E-state index in [1.165, 1.54) is 11.1 Å². The zero-order valence-electron chi connectivity index (χ0n) is 14.5. The van der Waals surface area contributed by atoms with Gasteiger partial charge in [-0.3, -0.25) is 4.79 Å². The molecule has 0 aliphatic carbocycles. The third-order valence-corrected chi connectivity index (χ3v) is 3.91. The monoisotopic (exact) mass is 324 g/mol. The maximum atomic E-state index is 11.7. The molecule has 2 rings (SSSR count). The molecule has 0 bridgehead atoms. The second-order valence-electron chi connectivity index (χ2n) is 5.87. The average molecular weight is 324 g/mol. The minimum Gasteiger partial charge on any atom is -0.484 e. The molecule has 2 aromatic carbocycles. The van der Waals surface area contributed by atoms with Gasteiger partial charge in [-0.25, -0.2) is 5.43 Å². The number of nitrogens with one attached hydrogen (secondary N) is 1. The quantitative estimate of drug-likeness (QED) is 0.617. The van der Waals surface area contributed by atoms with Gasteiger partial charge < -0.3 is 4.74 Å². The lowest BCUT2D eigenvalue weighted by atomic mass is 9.99. The van der Waals surface area contributed by atoms with Crippen LogP contribution in [0, 0.1) is 6.92 Å². The summed E-state index contributed by atoms with van der Waals surface area (Å²) in [5.41, 5.74) is 5.85. The molecular formula is C20H24N2O2. The van der Waals surface area contributed by atoms with Crippen molar-refractivity contribution < 1.29 is 9.53 Å². The molecule has 126 valence electrons. The Labute approximate surface area is 143 Å². The Kier molecular flexibility index (Phi) is 6.55. The molecule has 0 saturated carbocycles. The summed E-state index contributed by atoms with van der Waals surface area (Å²) in [4.78, 5) is 11.7. The minimum absolute atomic E-state index is 0.0616. The number of nitrogens with zero attached hydrogens (tertiary/aromatic N) is 1. The second kappa shape index (κ2) is 8.87. The largest absolute Gasteiger partial charge is 0.484 e. The van der Waals surface area contributed by atoms with Crippen LogP contribution >= 0.6 is 0 Å². The van der Waals surface area contributed by atoms with E-state index in [1.54, 1.807) is 6.21 Å². The smallest absolute Gasteiger partial charge is 0.277 e. The molecule has 1 atom stereocenters. The van der Waals surface area contributed by atoms with Crippen molar-refractivity contribution >= 4 is 12.1 Å². The van der Waals surface area contributed by atoms with Gasteiger partial charge >= 0.3 is 0 Å². The maximum Gasteiger partial charge on any atom is 0.277 e. The molecule has 0 saturated heterocycles. The summed E-state index contributed by atoms with van der Waals surface area (Å²) in [7, 11) is 0. The Morgan fingerprint density at radius 1 is 1.17 bits per heavy atom. The average Bonchev–Trinajstić information content (AvgIpc) is 2.61. The molecule has 1 N–H and O–H groups in total. The van der Waals surface area contributed by atoms with Gasteiger partial charge in [0.05, 0.1) is 6.21 Å². The van der Waals surface area contributed by atoms with E-state index in [1.807, 2.05) is 55.5 Å². The third kappa shape index (κ3) is 5.54. The van der Waals surface area contributed by atoms with Gasteiger partial charge in [-0.05, 0) is 42.5 Å². The van der Waals surface area contributed by atoms with Crippen molar-refractivity contribution in [3.8, 4) is 5.75 Å². The number of aryl methyl sites for hydroxylation is 1. The van der Waals surface area contributed by atoms with Gasteiger partial charge in [0.15, 0.2) is 6.61 Å². The summed E-state index contributed by atoms with van der Waals surface area (Å²) in [5, 5.41) is 3.93. The molecule has 4 heteroatoms. The molecule has 24 heavy (non-hydrogen) atoms. The minimum atomic E-state index is -0.288. The van der Waals surface area contributed by atoms with E-state index >= 15 is 0 Å². The topological polar surface area (TPSA) is 50.7 Å². The summed E-state index contributed by atoms with van der Waals surface area (Å²) in [6, 6.07) is 15.7. The number of carbonyl (C=O) groups is 1. The van der Waals surface area contributed by atoms with E-state index in [0.717, 1.165) is 12.0 Å². The lowest BCUT2D eigenvalue weighted by Gasteiger charge is -2.10. The van der Waals surface area contributed by atoms with E-state index in [0.29, 0.717) is 11.7 Å². The fourth-order valence-corrected chi connectivity index (χ4v) is 2.14. The van der Waals surface area contributed by atoms with Crippen molar-refractivity contribution in [3.05, 3.63) is 65.2 Å². The molecule has 0 heterocycles. The molecular weight excluding hydrogens is 300 g/mol. The van der Waals surface area contributed by atoms with Crippen LogP contribution in [0.4, 0.5) is 0 Å². The summed E-state index contributed by atoms with van der Waals surface area (Å²) in [5.74, 6) is 0.919. The van der Waals surface area contributed by atoms with E-state index < -0.39 is 0 Å². The fraction of sp³-hybridized carbons (Fsp3) is 0.300. The van der Waals surface area contributed by atoms with Gasteiger partial charge in [-0.2, -0.15) is 5.10 Å². The van der Waals surface area contributed by atoms with Gasteiger partial charge in [0.2, 0.25) is 0 Å². The number of ether oxygens (including phenoxy) is 1. The molecule has 0 radical (unpaired) electrons. The summed E-state index contributed by atoms with van der Waals surface area (Å²) in [6.07, 6.45) is 2.71. The van der Waals surface area contributed by atoms with E-state index in [2.05, 4.69) is 24.4 Å².